The van der Waals surface area contributed by atoms with E-state index in [-0.39, 0.29) is 5.60 Å². The van der Waals surface area contributed by atoms with Crippen LogP contribution in [0.5, 0.6) is 0 Å². The molecule has 1 aliphatic heterocycles. The summed E-state index contributed by atoms with van der Waals surface area (Å²) in [5.41, 5.74) is 0.0865. The lowest BCUT2D eigenvalue weighted by Crippen LogP contribution is -2.50. The molecule has 1 saturated carbocycles. The minimum atomic E-state index is 0.0865. The molecule has 3 unspecified atom stereocenters. The zero-order chi connectivity index (χ0) is 13.7. The quantitative estimate of drug-likeness (QED) is 0.801. The van der Waals surface area contributed by atoms with Gasteiger partial charge in [0.1, 0.15) is 0 Å². The van der Waals surface area contributed by atoms with Gasteiger partial charge >= 0.3 is 0 Å². The zero-order valence-electron chi connectivity index (χ0n) is 13.1. The molecule has 3 nitrogen and oxygen atoms in total. The molecule has 0 aromatic carbocycles. The van der Waals surface area contributed by atoms with Crippen molar-refractivity contribution in [3.63, 3.8) is 0 Å². The third kappa shape index (κ3) is 4.17. The summed E-state index contributed by atoms with van der Waals surface area (Å²) in [6.07, 6.45) is 7.92. The summed E-state index contributed by atoms with van der Waals surface area (Å²) in [7, 11) is 1.87. The maximum Gasteiger partial charge on any atom is 0.0777 e. The van der Waals surface area contributed by atoms with Crippen molar-refractivity contribution in [3.05, 3.63) is 0 Å². The van der Waals surface area contributed by atoms with Gasteiger partial charge in [-0.1, -0.05) is 13.3 Å². The van der Waals surface area contributed by atoms with E-state index in [0.29, 0.717) is 0 Å². The van der Waals surface area contributed by atoms with Crippen LogP contribution in [0, 0.1) is 5.92 Å². The van der Waals surface area contributed by atoms with Crippen LogP contribution >= 0.6 is 0 Å². The molecular weight excluding hydrogens is 236 g/mol. The molecule has 1 heterocycles. The van der Waals surface area contributed by atoms with Crippen LogP contribution < -0.4 is 5.32 Å². The standard InChI is InChI=1S/C16H32N2O/c1-4-10-17-15-8-5-7-14(15)12-18-11-6-9-16(2,13-18)19-3/h14-15,17H,4-13H2,1-3H3. The van der Waals surface area contributed by atoms with Crippen LogP contribution in [-0.4, -0.2) is 49.8 Å². The summed E-state index contributed by atoms with van der Waals surface area (Å²) in [4.78, 5) is 2.64. The predicted molar refractivity (Wildman–Crippen MR) is 80.5 cm³/mol. The van der Waals surface area contributed by atoms with Crippen LogP contribution in [0.2, 0.25) is 0 Å². The Morgan fingerprint density at radius 3 is 2.89 bits per heavy atom. The van der Waals surface area contributed by atoms with E-state index in [1.807, 2.05) is 7.11 Å². The van der Waals surface area contributed by atoms with Gasteiger partial charge in [-0.15, -0.1) is 0 Å². The normalized spacial score (nSPS) is 36.8. The molecular formula is C16H32N2O. The Kier molecular flexibility index (Phi) is 5.67. The second-order valence-electron chi connectivity index (χ2n) is 6.74. The highest BCUT2D eigenvalue weighted by molar-refractivity contribution is 4.89. The van der Waals surface area contributed by atoms with E-state index >= 15 is 0 Å². The van der Waals surface area contributed by atoms with Crippen molar-refractivity contribution < 1.29 is 4.74 Å². The summed E-state index contributed by atoms with van der Waals surface area (Å²) in [5, 5.41) is 3.75. The van der Waals surface area contributed by atoms with Crippen molar-refractivity contribution in [2.24, 2.45) is 5.92 Å². The molecule has 2 aliphatic rings. The average Bonchev–Trinajstić information content (AvgIpc) is 2.84. The Balaban J connectivity index is 1.82. The van der Waals surface area contributed by atoms with Crippen molar-refractivity contribution in [1.82, 2.24) is 10.2 Å². The van der Waals surface area contributed by atoms with Gasteiger partial charge in [0.2, 0.25) is 0 Å². The maximum absolute atomic E-state index is 5.71. The second-order valence-corrected chi connectivity index (χ2v) is 6.74. The smallest absolute Gasteiger partial charge is 0.0777 e. The van der Waals surface area contributed by atoms with Gasteiger partial charge in [0.15, 0.2) is 0 Å². The number of ether oxygens (including phenoxy) is 1. The fraction of sp³-hybridized carbons (Fsp3) is 1.00. The van der Waals surface area contributed by atoms with Crippen molar-refractivity contribution in [2.45, 2.75) is 64.0 Å². The van der Waals surface area contributed by atoms with Crippen LogP contribution in [0.25, 0.3) is 0 Å². The number of rotatable bonds is 6. The Morgan fingerprint density at radius 1 is 1.32 bits per heavy atom. The highest BCUT2D eigenvalue weighted by Crippen LogP contribution is 2.30. The topological polar surface area (TPSA) is 24.5 Å². The number of likely N-dealkylation sites (tertiary alicyclic amines) is 1. The van der Waals surface area contributed by atoms with Crippen LogP contribution in [-0.2, 0) is 4.74 Å². The molecule has 0 aromatic heterocycles. The first-order valence-electron chi connectivity index (χ1n) is 8.18. The van der Waals surface area contributed by atoms with Crippen molar-refractivity contribution in [2.75, 3.05) is 33.3 Å². The zero-order valence-corrected chi connectivity index (χ0v) is 13.1. The Labute approximate surface area is 119 Å². The third-order valence-corrected chi connectivity index (χ3v) is 5.04. The first-order chi connectivity index (χ1) is 9.17. The SMILES string of the molecule is CCCNC1CCCC1CN1CCCC(C)(OC)C1. The van der Waals surface area contributed by atoms with Crippen molar-refractivity contribution >= 4 is 0 Å². The third-order valence-electron chi connectivity index (χ3n) is 5.04. The van der Waals surface area contributed by atoms with Crippen LogP contribution in [0.15, 0.2) is 0 Å². The average molecular weight is 268 g/mol. The highest BCUT2D eigenvalue weighted by atomic mass is 16.5. The Bertz CT molecular complexity index is 271. The largest absolute Gasteiger partial charge is 0.377 e. The lowest BCUT2D eigenvalue weighted by molar-refractivity contribution is -0.0541. The Hall–Kier alpha value is -0.120. The number of hydrogen-bond acceptors (Lipinski definition) is 3. The van der Waals surface area contributed by atoms with Crippen LogP contribution in [0.1, 0.15) is 52.4 Å². The van der Waals surface area contributed by atoms with Gasteiger partial charge in [-0.2, -0.15) is 0 Å². The van der Waals surface area contributed by atoms with Crippen LogP contribution in [0.3, 0.4) is 0 Å². The van der Waals surface area contributed by atoms with Gasteiger partial charge in [0.05, 0.1) is 5.60 Å². The summed E-state index contributed by atoms with van der Waals surface area (Å²) in [6.45, 7) is 9.33. The molecule has 1 aliphatic carbocycles. The molecule has 1 N–H and O–H groups in total. The van der Waals surface area contributed by atoms with Gasteiger partial charge in [-0.25, -0.2) is 0 Å². The molecule has 0 bridgehead atoms. The minimum absolute atomic E-state index is 0.0865. The molecule has 0 spiro atoms. The molecule has 19 heavy (non-hydrogen) atoms. The molecule has 2 fully saturated rings. The summed E-state index contributed by atoms with van der Waals surface area (Å²) in [6, 6.07) is 0.760. The first kappa shape index (κ1) is 15.3. The summed E-state index contributed by atoms with van der Waals surface area (Å²) in [5.74, 6) is 0.853. The summed E-state index contributed by atoms with van der Waals surface area (Å²) >= 11 is 0. The number of nitrogens with zero attached hydrogens (tertiary/aromatic N) is 1. The van der Waals surface area contributed by atoms with E-state index < -0.39 is 0 Å². The predicted octanol–water partition coefficient (Wildman–Crippen LogP) is 2.66. The van der Waals surface area contributed by atoms with Crippen molar-refractivity contribution in [1.29, 1.82) is 0 Å². The van der Waals surface area contributed by atoms with E-state index in [0.717, 1.165) is 18.5 Å². The fourth-order valence-corrected chi connectivity index (χ4v) is 3.82. The molecule has 0 radical (unpaired) electrons. The number of piperidine rings is 1. The molecule has 2 rings (SSSR count). The molecule has 3 heteroatoms. The van der Waals surface area contributed by atoms with E-state index in [9.17, 15) is 0 Å². The Morgan fingerprint density at radius 2 is 2.16 bits per heavy atom. The molecule has 3 atom stereocenters. The van der Waals surface area contributed by atoms with Gasteiger partial charge < -0.3 is 15.0 Å². The highest BCUT2D eigenvalue weighted by Gasteiger charge is 2.34. The minimum Gasteiger partial charge on any atom is -0.377 e. The molecule has 0 aromatic rings. The second kappa shape index (κ2) is 7.05. The lowest BCUT2D eigenvalue weighted by Gasteiger charge is -2.41. The van der Waals surface area contributed by atoms with E-state index in [1.54, 1.807) is 0 Å². The number of nitrogens with one attached hydrogen (secondary N) is 1. The van der Waals surface area contributed by atoms with E-state index in [1.165, 1.54) is 58.2 Å². The van der Waals surface area contributed by atoms with E-state index in [2.05, 4.69) is 24.1 Å². The van der Waals surface area contributed by atoms with E-state index in [4.69, 9.17) is 4.74 Å². The van der Waals surface area contributed by atoms with Crippen LogP contribution in [0.4, 0.5) is 0 Å². The fourth-order valence-electron chi connectivity index (χ4n) is 3.82. The molecule has 112 valence electrons. The van der Waals surface area contributed by atoms with Gasteiger partial charge in [-0.05, 0) is 58.0 Å². The summed E-state index contributed by atoms with van der Waals surface area (Å²) < 4.78 is 5.71. The van der Waals surface area contributed by atoms with Gasteiger partial charge in [0, 0.05) is 26.2 Å². The molecule has 0 amide bonds. The monoisotopic (exact) mass is 268 g/mol. The van der Waals surface area contributed by atoms with Gasteiger partial charge in [-0.3, -0.25) is 0 Å². The molecule has 1 saturated heterocycles. The first-order valence-corrected chi connectivity index (χ1v) is 8.18. The van der Waals surface area contributed by atoms with Gasteiger partial charge in [0.25, 0.3) is 0 Å². The maximum atomic E-state index is 5.71. The number of methoxy groups -OCH3 is 1. The van der Waals surface area contributed by atoms with Crippen molar-refractivity contribution in [3.8, 4) is 0 Å². The lowest BCUT2D eigenvalue weighted by atomic mass is 9.93. The number of hydrogen-bond donors (Lipinski definition) is 1.